The Morgan fingerprint density at radius 3 is 2.76 bits per heavy atom. The third kappa shape index (κ3) is 7.05. The molecule has 1 aromatic carbocycles. The van der Waals surface area contributed by atoms with Crippen LogP contribution in [0.3, 0.4) is 0 Å². The minimum Gasteiger partial charge on any atom is -0.457 e. The van der Waals surface area contributed by atoms with Crippen LogP contribution in [0.5, 0.6) is 11.5 Å². The Balaban J connectivity index is 1.35. The Hall–Kier alpha value is -4.44. The number of halogens is 1. The molecule has 1 aliphatic rings. The zero-order chi connectivity index (χ0) is 26.2. The van der Waals surface area contributed by atoms with Crippen molar-refractivity contribution >= 4 is 17.6 Å². The van der Waals surface area contributed by atoms with E-state index >= 15 is 0 Å². The fraction of sp³-hybridized carbons (Fsp3) is 0.222. The Morgan fingerprint density at radius 2 is 1.97 bits per heavy atom. The lowest BCUT2D eigenvalue weighted by molar-refractivity contribution is 0.0951. The minimum atomic E-state index is -1.23. The number of aliphatic hydroxyl groups excluding tert-OH is 1. The number of ether oxygens (including phenoxy) is 1. The van der Waals surface area contributed by atoms with E-state index in [4.69, 9.17) is 9.84 Å². The van der Waals surface area contributed by atoms with Crippen LogP contribution >= 0.6 is 0 Å². The molecule has 1 aliphatic carbocycles. The van der Waals surface area contributed by atoms with Crippen LogP contribution in [-0.4, -0.2) is 46.3 Å². The molecule has 2 aromatic heterocycles. The highest BCUT2D eigenvalue weighted by atomic mass is 19.1. The number of nitrogens with zero attached hydrogens (tertiary/aromatic N) is 1. The molecule has 3 aromatic rings. The molecule has 0 bridgehead atoms. The van der Waals surface area contributed by atoms with Crippen molar-refractivity contribution in [1.29, 1.82) is 0 Å². The van der Waals surface area contributed by atoms with Gasteiger partial charge in [0.1, 0.15) is 17.7 Å². The number of aromatic nitrogens is 2. The van der Waals surface area contributed by atoms with Gasteiger partial charge in [-0.2, -0.15) is 0 Å². The van der Waals surface area contributed by atoms with Gasteiger partial charge >= 0.3 is 6.03 Å². The van der Waals surface area contributed by atoms with Crippen LogP contribution in [0, 0.1) is 0 Å². The number of aromatic amines is 1. The summed E-state index contributed by atoms with van der Waals surface area (Å²) >= 11 is 0. The molecule has 4 rings (SSSR count). The van der Waals surface area contributed by atoms with E-state index in [0.29, 0.717) is 47.1 Å². The molecule has 0 aliphatic heterocycles. The number of hydrogen-bond acceptors (Lipinski definition) is 5. The second-order valence-electron chi connectivity index (χ2n) is 8.47. The average Bonchev–Trinajstić information content (AvgIpc) is 3.38. The number of H-pyrrole nitrogens is 1. The number of urea groups is 1. The Labute approximate surface area is 213 Å². The lowest BCUT2D eigenvalue weighted by atomic mass is 10.0. The quantitative estimate of drug-likeness (QED) is 0.270. The van der Waals surface area contributed by atoms with Crippen molar-refractivity contribution in [2.45, 2.75) is 25.9 Å². The molecule has 5 N–H and O–H groups in total. The molecule has 0 fully saturated rings. The topological polar surface area (TPSA) is 128 Å². The SMILES string of the molecule is CC1=CCC(F)C(NC(=O)Nc2ccc(Oc3ccnc(-c4cc(C(=O)NCCCO)c[nH]4)c3)cc2)=C1. The molecule has 2 heterocycles. The van der Waals surface area contributed by atoms with Gasteiger partial charge in [0, 0.05) is 43.7 Å². The molecule has 9 nitrogen and oxygen atoms in total. The van der Waals surface area contributed by atoms with Gasteiger partial charge in [-0.1, -0.05) is 11.6 Å². The fourth-order valence-electron chi connectivity index (χ4n) is 3.64. The zero-order valence-corrected chi connectivity index (χ0v) is 20.3. The van der Waals surface area contributed by atoms with Crippen molar-refractivity contribution in [1.82, 2.24) is 20.6 Å². The number of allylic oxidation sites excluding steroid dienone is 4. The summed E-state index contributed by atoms with van der Waals surface area (Å²) in [6.07, 6.45) is 6.10. The second kappa shape index (κ2) is 12.0. The Kier molecular flexibility index (Phi) is 8.32. The number of hydrogen-bond donors (Lipinski definition) is 5. The van der Waals surface area contributed by atoms with Crippen molar-refractivity contribution in [3.8, 4) is 22.9 Å². The van der Waals surface area contributed by atoms with Gasteiger partial charge in [0.2, 0.25) is 0 Å². The van der Waals surface area contributed by atoms with Crippen LogP contribution in [0.1, 0.15) is 30.1 Å². The maximum Gasteiger partial charge on any atom is 0.323 e. The largest absolute Gasteiger partial charge is 0.457 e. The van der Waals surface area contributed by atoms with E-state index in [-0.39, 0.29) is 24.6 Å². The highest BCUT2D eigenvalue weighted by Gasteiger charge is 2.18. The van der Waals surface area contributed by atoms with Crippen molar-refractivity contribution in [2.24, 2.45) is 0 Å². The van der Waals surface area contributed by atoms with Gasteiger partial charge in [-0.3, -0.25) is 9.78 Å². The molecule has 1 atom stereocenters. The average molecular weight is 506 g/mol. The predicted molar refractivity (Wildman–Crippen MR) is 138 cm³/mol. The van der Waals surface area contributed by atoms with Gasteiger partial charge in [0.05, 0.1) is 22.6 Å². The summed E-state index contributed by atoms with van der Waals surface area (Å²) in [7, 11) is 0. The molecule has 10 heteroatoms. The van der Waals surface area contributed by atoms with E-state index in [1.165, 1.54) is 0 Å². The van der Waals surface area contributed by atoms with Crippen molar-refractivity contribution in [3.05, 3.63) is 83.8 Å². The molecule has 0 saturated heterocycles. The van der Waals surface area contributed by atoms with E-state index in [1.54, 1.807) is 67.0 Å². The van der Waals surface area contributed by atoms with E-state index in [2.05, 4.69) is 25.9 Å². The Morgan fingerprint density at radius 1 is 1.16 bits per heavy atom. The molecule has 3 amide bonds. The van der Waals surface area contributed by atoms with E-state index in [9.17, 15) is 14.0 Å². The highest BCUT2D eigenvalue weighted by Crippen LogP contribution is 2.27. The number of carbonyl (C=O) groups is 2. The molecular formula is C27H28FN5O4. The van der Waals surface area contributed by atoms with Gasteiger partial charge < -0.3 is 30.8 Å². The second-order valence-corrected chi connectivity index (χ2v) is 8.47. The maximum atomic E-state index is 14.0. The van der Waals surface area contributed by atoms with Crippen molar-refractivity contribution in [3.63, 3.8) is 0 Å². The molecule has 1 unspecified atom stereocenters. The number of rotatable bonds is 9. The number of benzene rings is 1. The van der Waals surface area contributed by atoms with E-state index < -0.39 is 12.2 Å². The lowest BCUT2D eigenvalue weighted by Gasteiger charge is -2.17. The summed E-state index contributed by atoms with van der Waals surface area (Å²) in [6.45, 7) is 2.26. The van der Waals surface area contributed by atoms with Crippen LogP contribution in [0.2, 0.25) is 0 Å². The smallest absolute Gasteiger partial charge is 0.323 e. The van der Waals surface area contributed by atoms with E-state index in [0.717, 1.165) is 5.57 Å². The molecule has 192 valence electrons. The molecular weight excluding hydrogens is 477 g/mol. The summed E-state index contributed by atoms with van der Waals surface area (Å²) in [6, 6.07) is 11.4. The highest BCUT2D eigenvalue weighted by molar-refractivity contribution is 5.95. The van der Waals surface area contributed by atoms with Crippen LogP contribution < -0.4 is 20.7 Å². The first-order valence-electron chi connectivity index (χ1n) is 11.8. The number of nitrogens with one attached hydrogen (secondary N) is 4. The zero-order valence-electron chi connectivity index (χ0n) is 20.3. The van der Waals surface area contributed by atoms with Crippen molar-refractivity contribution in [2.75, 3.05) is 18.5 Å². The number of anilines is 1. The number of carbonyl (C=O) groups excluding carboxylic acids is 2. The first-order valence-corrected chi connectivity index (χ1v) is 11.8. The van der Waals surface area contributed by atoms with Crippen LogP contribution in [0.25, 0.3) is 11.4 Å². The van der Waals surface area contributed by atoms with Crippen molar-refractivity contribution < 1.29 is 23.8 Å². The van der Waals surface area contributed by atoms with Gasteiger partial charge in [-0.15, -0.1) is 0 Å². The lowest BCUT2D eigenvalue weighted by Crippen LogP contribution is -2.32. The van der Waals surface area contributed by atoms with Crippen LogP contribution in [0.4, 0.5) is 14.9 Å². The molecule has 0 radical (unpaired) electrons. The minimum absolute atomic E-state index is 0.0149. The third-order valence-corrected chi connectivity index (χ3v) is 5.55. The van der Waals surface area contributed by atoms with Crippen LogP contribution in [0.15, 0.2) is 78.3 Å². The molecule has 0 spiro atoms. The Bertz CT molecular complexity index is 1320. The van der Waals surface area contributed by atoms with Gasteiger partial charge in [-0.25, -0.2) is 9.18 Å². The summed E-state index contributed by atoms with van der Waals surface area (Å²) < 4.78 is 19.9. The van der Waals surface area contributed by atoms with Gasteiger partial charge in [-0.05, 0) is 55.8 Å². The number of aliphatic hydroxyl groups is 1. The van der Waals surface area contributed by atoms with Crippen LogP contribution in [-0.2, 0) is 0 Å². The van der Waals surface area contributed by atoms with Gasteiger partial charge in [0.25, 0.3) is 5.91 Å². The standard InChI is InChI=1S/C27H28FN5O4/c1-17-3-8-22(28)23(13-17)33-27(36)32-19-4-6-20(7-5-19)37-21-9-11-29-25(15-21)24-14-18(16-31-24)26(35)30-10-2-12-34/h3-7,9,11,13-16,22,31,34H,2,8,10,12H2,1H3,(H,30,35)(H2,32,33,36). The third-order valence-electron chi connectivity index (χ3n) is 5.55. The monoisotopic (exact) mass is 505 g/mol. The summed E-state index contributed by atoms with van der Waals surface area (Å²) in [5.41, 5.74) is 3.37. The number of amides is 3. The summed E-state index contributed by atoms with van der Waals surface area (Å²) in [5.74, 6) is 0.837. The molecule has 37 heavy (non-hydrogen) atoms. The molecule has 0 saturated carbocycles. The maximum absolute atomic E-state index is 14.0. The summed E-state index contributed by atoms with van der Waals surface area (Å²) in [5, 5.41) is 16.8. The fourth-order valence-corrected chi connectivity index (χ4v) is 3.64. The van der Waals surface area contributed by atoms with E-state index in [1.807, 2.05) is 6.92 Å². The first-order chi connectivity index (χ1) is 17.9. The number of pyridine rings is 1. The number of alkyl halides is 1. The van der Waals surface area contributed by atoms with Gasteiger partial charge in [0.15, 0.2) is 0 Å². The first kappa shape index (κ1) is 25.6. The predicted octanol–water partition coefficient (Wildman–Crippen LogP) is 4.67. The normalized spacial score (nSPS) is 14.8. The summed E-state index contributed by atoms with van der Waals surface area (Å²) in [4.78, 5) is 31.8.